The maximum Gasteiger partial charge on any atom is 0.257 e. The van der Waals surface area contributed by atoms with Gasteiger partial charge in [0.25, 0.3) is 5.88 Å². The number of ether oxygens (including phenoxy) is 2. The van der Waals surface area contributed by atoms with Crippen molar-refractivity contribution in [3.05, 3.63) is 17.8 Å². The molecule has 0 atom stereocenters. The maximum atomic E-state index is 11.5. The standard InChI is InChI=1S/C10H13NO3/c1-4-8(12)7-5-6-11-10(14-3)9(7)13-2/h5-6H,4H2,1-3H3. The molecule has 1 rings (SSSR count). The summed E-state index contributed by atoms with van der Waals surface area (Å²) in [6.45, 7) is 1.80. The predicted molar refractivity (Wildman–Crippen MR) is 52.0 cm³/mol. The summed E-state index contributed by atoms with van der Waals surface area (Å²) in [5.74, 6) is 0.760. The summed E-state index contributed by atoms with van der Waals surface area (Å²) in [6, 6.07) is 1.63. The van der Waals surface area contributed by atoms with Gasteiger partial charge >= 0.3 is 0 Å². The van der Waals surface area contributed by atoms with Gasteiger partial charge in [-0.05, 0) is 6.07 Å². The molecule has 0 aliphatic carbocycles. The van der Waals surface area contributed by atoms with Crippen LogP contribution in [-0.2, 0) is 0 Å². The van der Waals surface area contributed by atoms with Crippen molar-refractivity contribution in [2.45, 2.75) is 13.3 Å². The molecule has 4 nitrogen and oxygen atoms in total. The van der Waals surface area contributed by atoms with Crippen molar-refractivity contribution < 1.29 is 14.3 Å². The van der Waals surface area contributed by atoms with Gasteiger partial charge in [-0.3, -0.25) is 4.79 Å². The Labute approximate surface area is 82.9 Å². The molecule has 4 heteroatoms. The summed E-state index contributed by atoms with van der Waals surface area (Å²) in [6.07, 6.45) is 1.97. The average molecular weight is 195 g/mol. The second kappa shape index (κ2) is 4.60. The molecule has 0 N–H and O–H groups in total. The highest BCUT2D eigenvalue weighted by Crippen LogP contribution is 2.28. The van der Waals surface area contributed by atoms with Crippen LogP contribution in [-0.4, -0.2) is 25.0 Å². The van der Waals surface area contributed by atoms with Crippen molar-refractivity contribution in [3.63, 3.8) is 0 Å². The quantitative estimate of drug-likeness (QED) is 0.686. The molecule has 0 saturated carbocycles. The fourth-order valence-corrected chi connectivity index (χ4v) is 1.18. The number of Topliss-reactive ketones (excluding diaryl/α,β-unsaturated/α-hetero) is 1. The second-order valence-electron chi connectivity index (χ2n) is 2.68. The van der Waals surface area contributed by atoms with Crippen molar-refractivity contribution in [3.8, 4) is 11.6 Å². The number of pyridine rings is 1. The first-order chi connectivity index (χ1) is 6.74. The van der Waals surface area contributed by atoms with E-state index < -0.39 is 0 Å². The summed E-state index contributed by atoms with van der Waals surface area (Å²) in [4.78, 5) is 15.4. The smallest absolute Gasteiger partial charge is 0.257 e. The Kier molecular flexibility index (Phi) is 3.45. The Hall–Kier alpha value is -1.58. The molecular formula is C10H13NO3. The second-order valence-corrected chi connectivity index (χ2v) is 2.68. The molecule has 0 aliphatic heterocycles. The van der Waals surface area contributed by atoms with Crippen molar-refractivity contribution in [1.29, 1.82) is 0 Å². The number of carbonyl (C=O) groups excluding carboxylic acids is 1. The van der Waals surface area contributed by atoms with Crippen LogP contribution in [0.25, 0.3) is 0 Å². The van der Waals surface area contributed by atoms with E-state index >= 15 is 0 Å². The molecule has 0 bridgehead atoms. The van der Waals surface area contributed by atoms with E-state index in [-0.39, 0.29) is 5.78 Å². The number of methoxy groups -OCH3 is 2. The fraction of sp³-hybridized carbons (Fsp3) is 0.400. The van der Waals surface area contributed by atoms with E-state index in [9.17, 15) is 4.79 Å². The van der Waals surface area contributed by atoms with Crippen molar-refractivity contribution in [1.82, 2.24) is 4.98 Å². The summed E-state index contributed by atoms with van der Waals surface area (Å²) in [7, 11) is 2.98. The molecule has 1 heterocycles. The van der Waals surface area contributed by atoms with Crippen LogP contribution in [0.1, 0.15) is 23.7 Å². The van der Waals surface area contributed by atoms with E-state index in [1.807, 2.05) is 0 Å². The SMILES string of the molecule is CCC(=O)c1ccnc(OC)c1OC. The van der Waals surface area contributed by atoms with Gasteiger partial charge in [0, 0.05) is 12.6 Å². The number of nitrogens with zero attached hydrogens (tertiary/aromatic N) is 1. The highest BCUT2D eigenvalue weighted by Gasteiger charge is 2.15. The molecular weight excluding hydrogens is 182 g/mol. The topological polar surface area (TPSA) is 48.4 Å². The van der Waals surface area contributed by atoms with Gasteiger partial charge in [0.1, 0.15) is 0 Å². The van der Waals surface area contributed by atoms with E-state index in [1.165, 1.54) is 20.4 Å². The minimum absolute atomic E-state index is 0.0163. The first-order valence-electron chi connectivity index (χ1n) is 4.34. The van der Waals surface area contributed by atoms with Crippen LogP contribution >= 0.6 is 0 Å². The Morgan fingerprint density at radius 1 is 1.43 bits per heavy atom. The number of aromatic nitrogens is 1. The lowest BCUT2D eigenvalue weighted by molar-refractivity contribution is 0.0984. The Morgan fingerprint density at radius 3 is 2.64 bits per heavy atom. The highest BCUT2D eigenvalue weighted by atomic mass is 16.5. The van der Waals surface area contributed by atoms with Crippen LogP contribution in [0.5, 0.6) is 11.6 Å². The van der Waals surface area contributed by atoms with Crippen LogP contribution in [0.15, 0.2) is 12.3 Å². The maximum absolute atomic E-state index is 11.5. The van der Waals surface area contributed by atoms with Crippen molar-refractivity contribution in [2.24, 2.45) is 0 Å². The molecule has 0 saturated heterocycles. The van der Waals surface area contributed by atoms with Crippen LogP contribution < -0.4 is 9.47 Å². The number of ketones is 1. The lowest BCUT2D eigenvalue weighted by Gasteiger charge is -2.09. The van der Waals surface area contributed by atoms with Gasteiger partial charge in [0.2, 0.25) is 0 Å². The highest BCUT2D eigenvalue weighted by molar-refractivity contribution is 5.98. The van der Waals surface area contributed by atoms with E-state index in [0.717, 1.165) is 0 Å². The molecule has 0 amide bonds. The van der Waals surface area contributed by atoms with E-state index in [0.29, 0.717) is 23.6 Å². The minimum atomic E-state index is 0.0163. The van der Waals surface area contributed by atoms with E-state index in [2.05, 4.69) is 4.98 Å². The summed E-state index contributed by atoms with van der Waals surface area (Å²) in [5.41, 5.74) is 0.516. The van der Waals surface area contributed by atoms with Gasteiger partial charge in [-0.25, -0.2) is 4.98 Å². The van der Waals surface area contributed by atoms with Gasteiger partial charge in [-0.15, -0.1) is 0 Å². The zero-order valence-corrected chi connectivity index (χ0v) is 8.53. The zero-order valence-electron chi connectivity index (χ0n) is 8.53. The Morgan fingerprint density at radius 2 is 2.14 bits per heavy atom. The molecule has 0 spiro atoms. The van der Waals surface area contributed by atoms with Gasteiger partial charge in [0.05, 0.1) is 19.8 Å². The van der Waals surface area contributed by atoms with Gasteiger partial charge in [0.15, 0.2) is 11.5 Å². The number of rotatable bonds is 4. The van der Waals surface area contributed by atoms with E-state index in [4.69, 9.17) is 9.47 Å². The third-order valence-electron chi connectivity index (χ3n) is 1.89. The summed E-state index contributed by atoms with van der Waals surface area (Å²) in [5, 5.41) is 0. The molecule has 0 radical (unpaired) electrons. The largest absolute Gasteiger partial charge is 0.491 e. The Bertz CT molecular complexity index is 336. The summed E-state index contributed by atoms with van der Waals surface area (Å²) < 4.78 is 10.1. The molecule has 1 aromatic heterocycles. The molecule has 0 aliphatic rings. The molecule has 76 valence electrons. The minimum Gasteiger partial charge on any atom is -0.491 e. The van der Waals surface area contributed by atoms with Crippen molar-refractivity contribution in [2.75, 3.05) is 14.2 Å². The normalized spacial score (nSPS) is 9.64. The van der Waals surface area contributed by atoms with E-state index in [1.54, 1.807) is 13.0 Å². The van der Waals surface area contributed by atoms with Gasteiger partial charge in [-0.2, -0.15) is 0 Å². The summed E-state index contributed by atoms with van der Waals surface area (Å²) >= 11 is 0. The third kappa shape index (κ3) is 1.84. The number of hydrogen-bond acceptors (Lipinski definition) is 4. The van der Waals surface area contributed by atoms with Crippen molar-refractivity contribution >= 4 is 5.78 Å². The molecule has 0 unspecified atom stereocenters. The average Bonchev–Trinajstić information content (AvgIpc) is 2.26. The first kappa shape index (κ1) is 10.5. The number of carbonyl (C=O) groups is 1. The van der Waals surface area contributed by atoms with Gasteiger partial charge < -0.3 is 9.47 Å². The van der Waals surface area contributed by atoms with Crippen LogP contribution in [0.2, 0.25) is 0 Å². The van der Waals surface area contributed by atoms with Crippen LogP contribution in [0.4, 0.5) is 0 Å². The molecule has 14 heavy (non-hydrogen) atoms. The molecule has 1 aromatic rings. The Balaban J connectivity index is 3.21. The number of hydrogen-bond donors (Lipinski definition) is 0. The first-order valence-corrected chi connectivity index (χ1v) is 4.34. The zero-order chi connectivity index (χ0) is 10.6. The third-order valence-corrected chi connectivity index (χ3v) is 1.89. The fourth-order valence-electron chi connectivity index (χ4n) is 1.18. The van der Waals surface area contributed by atoms with Gasteiger partial charge in [-0.1, -0.05) is 6.92 Å². The van der Waals surface area contributed by atoms with Crippen LogP contribution in [0, 0.1) is 0 Å². The monoisotopic (exact) mass is 195 g/mol. The lowest BCUT2D eigenvalue weighted by Crippen LogP contribution is -2.03. The molecule has 0 aromatic carbocycles. The van der Waals surface area contributed by atoms with Crippen LogP contribution in [0.3, 0.4) is 0 Å². The molecule has 0 fully saturated rings. The lowest BCUT2D eigenvalue weighted by atomic mass is 10.1. The predicted octanol–water partition coefficient (Wildman–Crippen LogP) is 1.69.